The summed E-state index contributed by atoms with van der Waals surface area (Å²) < 4.78 is 5.24. The zero-order valence-corrected chi connectivity index (χ0v) is 11.9. The van der Waals surface area contributed by atoms with E-state index in [-0.39, 0.29) is 5.97 Å². The molecule has 18 heavy (non-hydrogen) atoms. The Labute approximate surface area is 111 Å². The molecule has 4 heteroatoms. The van der Waals surface area contributed by atoms with E-state index in [9.17, 15) is 4.79 Å². The molecule has 1 aliphatic rings. The lowest BCUT2D eigenvalue weighted by Crippen LogP contribution is -2.44. The van der Waals surface area contributed by atoms with Crippen molar-refractivity contribution in [3.05, 3.63) is 0 Å². The van der Waals surface area contributed by atoms with Crippen LogP contribution in [0.15, 0.2) is 0 Å². The van der Waals surface area contributed by atoms with Crippen LogP contribution in [0.1, 0.15) is 45.4 Å². The van der Waals surface area contributed by atoms with Crippen LogP contribution in [0, 0.1) is 0 Å². The molecule has 1 heterocycles. The average molecular weight is 256 g/mol. The molecule has 0 radical (unpaired) electrons. The first kappa shape index (κ1) is 15.4. The number of nitrogens with one attached hydrogen (secondary N) is 1. The molecule has 0 aromatic carbocycles. The molecular weight excluding hydrogens is 228 g/mol. The molecule has 4 nitrogen and oxygen atoms in total. The van der Waals surface area contributed by atoms with Crippen molar-refractivity contribution in [2.45, 2.75) is 51.5 Å². The van der Waals surface area contributed by atoms with Gasteiger partial charge in [0.15, 0.2) is 0 Å². The molecule has 106 valence electrons. The summed E-state index contributed by atoms with van der Waals surface area (Å²) in [6, 6.07) is 0.546. The first-order chi connectivity index (χ1) is 8.77. The predicted molar refractivity (Wildman–Crippen MR) is 73.6 cm³/mol. The van der Waals surface area contributed by atoms with Crippen LogP contribution in [0.5, 0.6) is 0 Å². The normalized spacial score (nSPS) is 20.9. The lowest BCUT2D eigenvalue weighted by atomic mass is 9.99. The topological polar surface area (TPSA) is 41.6 Å². The van der Waals surface area contributed by atoms with Crippen LogP contribution in [0.25, 0.3) is 0 Å². The second-order valence-electron chi connectivity index (χ2n) is 5.09. The maximum atomic E-state index is 11.7. The van der Waals surface area contributed by atoms with Crippen molar-refractivity contribution in [2.24, 2.45) is 0 Å². The highest BCUT2D eigenvalue weighted by Gasteiger charge is 2.24. The van der Waals surface area contributed by atoms with Crippen molar-refractivity contribution in [1.82, 2.24) is 10.2 Å². The Bertz CT molecular complexity index is 234. The molecule has 0 aromatic heterocycles. The fourth-order valence-electron chi connectivity index (χ4n) is 2.45. The fourth-order valence-corrected chi connectivity index (χ4v) is 2.45. The van der Waals surface area contributed by atoms with Gasteiger partial charge in [-0.25, -0.2) is 0 Å². The maximum absolute atomic E-state index is 11.7. The number of hydrogen-bond donors (Lipinski definition) is 1. The minimum absolute atomic E-state index is 0.0557. The van der Waals surface area contributed by atoms with Gasteiger partial charge in [0.1, 0.15) is 0 Å². The Kier molecular flexibility index (Phi) is 8.01. The van der Waals surface area contributed by atoms with E-state index >= 15 is 0 Å². The third kappa shape index (κ3) is 5.83. The highest BCUT2D eigenvalue weighted by Crippen LogP contribution is 2.19. The number of hydrogen-bond acceptors (Lipinski definition) is 4. The molecule has 0 saturated carbocycles. The first-order valence-corrected chi connectivity index (χ1v) is 7.32. The molecule has 0 aromatic rings. The zero-order valence-electron chi connectivity index (χ0n) is 11.9. The highest BCUT2D eigenvalue weighted by atomic mass is 16.5. The van der Waals surface area contributed by atoms with Crippen molar-refractivity contribution >= 4 is 5.97 Å². The van der Waals surface area contributed by atoms with E-state index in [0.717, 1.165) is 32.4 Å². The van der Waals surface area contributed by atoms with E-state index < -0.39 is 0 Å². The Morgan fingerprint density at radius 2 is 2.28 bits per heavy atom. The molecule has 1 unspecified atom stereocenters. The van der Waals surface area contributed by atoms with Crippen molar-refractivity contribution in [3.8, 4) is 0 Å². The Morgan fingerprint density at radius 1 is 1.44 bits per heavy atom. The molecule has 1 fully saturated rings. The van der Waals surface area contributed by atoms with Crippen LogP contribution in [0.3, 0.4) is 0 Å². The van der Waals surface area contributed by atoms with Crippen LogP contribution in [0.4, 0.5) is 0 Å². The lowest BCUT2D eigenvalue weighted by Gasteiger charge is -2.35. The minimum Gasteiger partial charge on any atom is -0.465 e. The van der Waals surface area contributed by atoms with Crippen LogP contribution >= 0.6 is 0 Å². The second-order valence-corrected chi connectivity index (χ2v) is 5.09. The highest BCUT2D eigenvalue weighted by molar-refractivity contribution is 5.71. The van der Waals surface area contributed by atoms with E-state index in [4.69, 9.17) is 4.74 Å². The summed E-state index contributed by atoms with van der Waals surface area (Å²) in [5.41, 5.74) is 0. The first-order valence-electron chi connectivity index (χ1n) is 7.32. The number of likely N-dealkylation sites (tertiary alicyclic amines) is 1. The standard InChI is InChI=1S/C14H28N2O2/c1-3-4-11-18-14(17)12-16-10-6-5-7-13(16)8-9-15-2/h13,15H,3-12H2,1-2H3. The summed E-state index contributed by atoms with van der Waals surface area (Å²) in [7, 11) is 1.98. The van der Waals surface area contributed by atoms with Gasteiger partial charge in [-0.3, -0.25) is 9.69 Å². The maximum Gasteiger partial charge on any atom is 0.320 e. The molecule has 0 amide bonds. The Morgan fingerprint density at radius 3 is 3.00 bits per heavy atom. The quantitative estimate of drug-likeness (QED) is 0.531. The van der Waals surface area contributed by atoms with Crippen LogP contribution in [0.2, 0.25) is 0 Å². The zero-order chi connectivity index (χ0) is 13.2. The molecule has 1 rings (SSSR count). The molecule has 0 aliphatic carbocycles. The van der Waals surface area contributed by atoms with Crippen LogP contribution < -0.4 is 5.32 Å². The van der Waals surface area contributed by atoms with E-state index in [2.05, 4.69) is 17.1 Å². The summed E-state index contributed by atoms with van der Waals surface area (Å²) in [5, 5.41) is 3.19. The predicted octanol–water partition coefficient (Wildman–Crippen LogP) is 1.79. The summed E-state index contributed by atoms with van der Waals surface area (Å²) in [5.74, 6) is -0.0557. The number of unbranched alkanes of at least 4 members (excludes halogenated alkanes) is 1. The number of carbonyl (C=O) groups excluding carboxylic acids is 1. The Balaban J connectivity index is 2.29. The third-order valence-electron chi connectivity index (χ3n) is 3.57. The van der Waals surface area contributed by atoms with Gasteiger partial charge in [-0.1, -0.05) is 19.8 Å². The number of carbonyl (C=O) groups is 1. The lowest BCUT2D eigenvalue weighted by molar-refractivity contribution is -0.146. The summed E-state index contributed by atoms with van der Waals surface area (Å²) in [4.78, 5) is 14.0. The minimum atomic E-state index is -0.0557. The molecule has 0 bridgehead atoms. The monoisotopic (exact) mass is 256 g/mol. The molecule has 1 atom stereocenters. The molecule has 1 aliphatic heterocycles. The molecule has 1 N–H and O–H groups in total. The van der Waals surface area contributed by atoms with E-state index in [1.54, 1.807) is 0 Å². The van der Waals surface area contributed by atoms with Gasteiger partial charge in [-0.2, -0.15) is 0 Å². The molecule has 1 saturated heterocycles. The van der Waals surface area contributed by atoms with E-state index in [1.807, 2.05) is 7.05 Å². The smallest absolute Gasteiger partial charge is 0.320 e. The molecule has 0 spiro atoms. The van der Waals surface area contributed by atoms with Crippen molar-refractivity contribution < 1.29 is 9.53 Å². The van der Waals surface area contributed by atoms with E-state index in [1.165, 1.54) is 19.3 Å². The van der Waals surface area contributed by atoms with Gasteiger partial charge in [0.25, 0.3) is 0 Å². The van der Waals surface area contributed by atoms with Gasteiger partial charge in [0.05, 0.1) is 13.2 Å². The number of piperidine rings is 1. The number of esters is 1. The van der Waals surface area contributed by atoms with Crippen molar-refractivity contribution in [3.63, 3.8) is 0 Å². The SMILES string of the molecule is CCCCOC(=O)CN1CCCCC1CCNC. The molecular formula is C14H28N2O2. The van der Waals surface area contributed by atoms with Crippen molar-refractivity contribution in [2.75, 3.05) is 33.3 Å². The second kappa shape index (κ2) is 9.34. The van der Waals surface area contributed by atoms with Gasteiger partial charge < -0.3 is 10.1 Å². The van der Waals surface area contributed by atoms with Gasteiger partial charge in [-0.15, -0.1) is 0 Å². The van der Waals surface area contributed by atoms with Gasteiger partial charge in [0.2, 0.25) is 0 Å². The number of rotatable bonds is 8. The Hall–Kier alpha value is -0.610. The van der Waals surface area contributed by atoms with E-state index in [0.29, 0.717) is 19.2 Å². The summed E-state index contributed by atoms with van der Waals surface area (Å²) in [6.45, 7) is 5.21. The number of nitrogens with zero attached hydrogens (tertiary/aromatic N) is 1. The van der Waals surface area contributed by atoms with Gasteiger partial charge in [0, 0.05) is 6.04 Å². The number of ether oxygens (including phenoxy) is 1. The summed E-state index contributed by atoms with van der Waals surface area (Å²) >= 11 is 0. The van der Waals surface area contributed by atoms with Gasteiger partial charge in [-0.05, 0) is 45.8 Å². The third-order valence-corrected chi connectivity index (χ3v) is 3.57. The van der Waals surface area contributed by atoms with Crippen LogP contribution in [-0.2, 0) is 9.53 Å². The van der Waals surface area contributed by atoms with Crippen LogP contribution in [-0.4, -0.2) is 50.2 Å². The summed E-state index contributed by atoms with van der Waals surface area (Å²) in [6.07, 6.45) is 6.87. The largest absolute Gasteiger partial charge is 0.465 e. The van der Waals surface area contributed by atoms with Crippen molar-refractivity contribution in [1.29, 1.82) is 0 Å². The van der Waals surface area contributed by atoms with Gasteiger partial charge >= 0.3 is 5.97 Å². The fraction of sp³-hybridized carbons (Fsp3) is 0.929. The average Bonchev–Trinajstić information content (AvgIpc) is 2.38.